The summed E-state index contributed by atoms with van der Waals surface area (Å²) in [7, 11) is 0. The van der Waals surface area contributed by atoms with Crippen molar-refractivity contribution in [2.24, 2.45) is 35.0 Å². The zero-order chi connectivity index (χ0) is 5.09. The maximum absolute atomic E-state index is 5.39. The molecule has 0 saturated heterocycles. The molecule has 0 aromatic carbocycles. The third kappa shape index (κ3) is 0.0703. The van der Waals surface area contributed by atoms with Gasteiger partial charge in [-0.3, -0.25) is 0 Å². The van der Waals surface area contributed by atoms with Crippen molar-refractivity contribution >= 4 is 0 Å². The van der Waals surface area contributed by atoms with Crippen LogP contribution in [-0.4, -0.2) is 0 Å². The molecule has 5 saturated carbocycles. The molecule has 0 radical (unpaired) electrons. The summed E-state index contributed by atoms with van der Waals surface area (Å²) >= 11 is 0. The maximum atomic E-state index is 5.39. The second-order valence-corrected chi connectivity index (χ2v) is 3.81. The Balaban J connectivity index is 2.07. The lowest BCUT2D eigenvalue weighted by atomic mass is 9.83. The minimum atomic E-state index is 0.551. The van der Waals surface area contributed by atoms with E-state index in [1.807, 2.05) is 0 Å². The van der Waals surface area contributed by atoms with E-state index < -0.39 is 0 Å². The lowest BCUT2D eigenvalue weighted by molar-refractivity contribution is 0.331. The van der Waals surface area contributed by atoms with Gasteiger partial charge in [0.25, 0.3) is 0 Å². The van der Waals surface area contributed by atoms with Gasteiger partial charge in [0.15, 0.2) is 0 Å². The highest BCUT2D eigenvalue weighted by Gasteiger charge is 3.05. The van der Waals surface area contributed by atoms with Crippen LogP contribution in [0.15, 0.2) is 0 Å². The summed E-state index contributed by atoms with van der Waals surface area (Å²) < 4.78 is 0. The molecule has 0 heterocycles. The summed E-state index contributed by atoms with van der Waals surface area (Å²) in [5.41, 5.74) is 0.551. The number of hydrogen-bond acceptors (Lipinski definition) is 0. The van der Waals surface area contributed by atoms with Crippen LogP contribution in [-0.2, 0) is 0 Å². The first kappa shape index (κ1) is 2.92. The molecule has 0 nitrogen and oxygen atoms in total. The summed E-state index contributed by atoms with van der Waals surface area (Å²) in [4.78, 5) is 0. The van der Waals surface area contributed by atoms with Crippen LogP contribution in [0.3, 0.4) is 0 Å². The number of rotatable bonds is 0. The minimum absolute atomic E-state index is 0.551. The predicted molar refractivity (Wildman–Crippen MR) is 28.7 cm³/mol. The third-order valence-corrected chi connectivity index (χ3v) is 4.14. The van der Waals surface area contributed by atoms with E-state index in [1.165, 1.54) is 0 Å². The molecule has 0 bridgehead atoms. The topological polar surface area (TPSA) is 0 Å². The monoisotopic (exact) mass is 102 g/mol. The first-order valence-corrected chi connectivity index (χ1v) is 3.40. The Kier molecular flexibility index (Phi) is 0.159. The molecule has 8 heavy (non-hydrogen) atoms. The van der Waals surface area contributed by atoms with Gasteiger partial charge in [0.05, 0.1) is 0 Å². The SMILES string of the molecule is C#CC12C3C4C3C1C42. The molecule has 0 aromatic rings. The van der Waals surface area contributed by atoms with E-state index in [0.29, 0.717) is 5.41 Å². The van der Waals surface area contributed by atoms with E-state index in [4.69, 9.17) is 6.42 Å². The summed E-state index contributed by atoms with van der Waals surface area (Å²) in [6.45, 7) is 0. The van der Waals surface area contributed by atoms with Crippen LogP contribution in [0.25, 0.3) is 0 Å². The van der Waals surface area contributed by atoms with Crippen molar-refractivity contribution in [3.63, 3.8) is 0 Å². The van der Waals surface area contributed by atoms with Crippen LogP contribution in [0, 0.1) is 47.3 Å². The zero-order valence-electron chi connectivity index (χ0n) is 4.46. The Hall–Kier alpha value is -0.440. The van der Waals surface area contributed by atoms with E-state index in [1.54, 1.807) is 0 Å². The zero-order valence-corrected chi connectivity index (χ0v) is 4.46. The Morgan fingerprint density at radius 3 is 2.00 bits per heavy atom. The van der Waals surface area contributed by atoms with Crippen LogP contribution in [0.4, 0.5) is 0 Å². The van der Waals surface area contributed by atoms with Crippen molar-refractivity contribution in [2.45, 2.75) is 0 Å². The molecule has 4 unspecified atom stereocenters. The van der Waals surface area contributed by atoms with Gasteiger partial charge in [-0.25, -0.2) is 0 Å². The highest BCUT2D eigenvalue weighted by atomic mass is 15.1. The molecule has 5 fully saturated rings. The predicted octanol–water partition coefficient (Wildman–Crippen LogP) is 0.741. The van der Waals surface area contributed by atoms with E-state index in [9.17, 15) is 0 Å². The second-order valence-electron chi connectivity index (χ2n) is 3.81. The summed E-state index contributed by atoms with van der Waals surface area (Å²) in [6.07, 6.45) is 5.39. The molecule has 0 N–H and O–H groups in total. The Labute approximate surface area is 48.3 Å². The quantitative estimate of drug-likeness (QED) is 0.396. The first-order chi connectivity index (χ1) is 3.93. The van der Waals surface area contributed by atoms with Gasteiger partial charge in [-0.2, -0.15) is 0 Å². The summed E-state index contributed by atoms with van der Waals surface area (Å²) in [6, 6.07) is 0. The van der Waals surface area contributed by atoms with Gasteiger partial charge >= 0.3 is 0 Å². The van der Waals surface area contributed by atoms with Crippen molar-refractivity contribution in [3.8, 4) is 12.3 Å². The van der Waals surface area contributed by atoms with Gasteiger partial charge in [0, 0.05) is 5.41 Å². The van der Waals surface area contributed by atoms with Gasteiger partial charge in [0.2, 0.25) is 0 Å². The van der Waals surface area contributed by atoms with Crippen molar-refractivity contribution < 1.29 is 0 Å². The van der Waals surface area contributed by atoms with Crippen LogP contribution < -0.4 is 0 Å². The van der Waals surface area contributed by atoms with Crippen molar-refractivity contribution in [3.05, 3.63) is 0 Å². The maximum Gasteiger partial charge on any atom is 0.0414 e. The molecule has 0 heteroatoms. The van der Waals surface area contributed by atoms with Gasteiger partial charge in [0.1, 0.15) is 0 Å². The van der Waals surface area contributed by atoms with Crippen LogP contribution in [0.1, 0.15) is 0 Å². The van der Waals surface area contributed by atoms with E-state index in [2.05, 4.69) is 5.92 Å². The Morgan fingerprint density at radius 2 is 1.75 bits per heavy atom. The molecule has 0 aliphatic heterocycles. The lowest BCUT2D eigenvalue weighted by Crippen LogP contribution is -2.18. The average molecular weight is 102 g/mol. The fraction of sp³-hybridized carbons (Fsp3) is 0.750. The molecule has 0 spiro atoms. The van der Waals surface area contributed by atoms with Gasteiger partial charge in [-0.15, -0.1) is 6.42 Å². The molecular formula is C8H6. The molecule has 5 aliphatic rings. The molecule has 0 amide bonds. The van der Waals surface area contributed by atoms with Crippen molar-refractivity contribution in [1.29, 1.82) is 0 Å². The third-order valence-electron chi connectivity index (χ3n) is 4.14. The van der Waals surface area contributed by atoms with Gasteiger partial charge in [-0.1, -0.05) is 5.92 Å². The molecule has 0 aromatic heterocycles. The number of terminal acetylenes is 1. The lowest BCUT2D eigenvalue weighted by Gasteiger charge is -2.19. The van der Waals surface area contributed by atoms with Gasteiger partial charge < -0.3 is 0 Å². The molecular weight excluding hydrogens is 96.1 g/mol. The molecule has 5 rings (SSSR count). The Morgan fingerprint density at radius 1 is 1.12 bits per heavy atom. The fourth-order valence-electron chi connectivity index (χ4n) is 3.85. The first-order valence-electron chi connectivity index (χ1n) is 3.40. The van der Waals surface area contributed by atoms with Crippen LogP contribution in [0.2, 0.25) is 0 Å². The molecule has 38 valence electrons. The highest BCUT2D eigenvalue weighted by Crippen LogP contribution is 3.06. The normalized spacial score (nSPS) is 92.1. The molecule has 5 aliphatic carbocycles. The van der Waals surface area contributed by atoms with E-state index >= 15 is 0 Å². The average Bonchev–Trinajstić information content (AvgIpc) is 2.12. The minimum Gasteiger partial charge on any atom is -0.119 e. The fourth-order valence-corrected chi connectivity index (χ4v) is 3.85. The van der Waals surface area contributed by atoms with E-state index in [-0.39, 0.29) is 0 Å². The number of hydrogen-bond donors (Lipinski definition) is 0. The Bertz CT molecular complexity index is 216. The van der Waals surface area contributed by atoms with Crippen molar-refractivity contribution in [2.75, 3.05) is 0 Å². The summed E-state index contributed by atoms with van der Waals surface area (Å²) in [5, 5.41) is 0. The van der Waals surface area contributed by atoms with Crippen LogP contribution in [0.5, 0.6) is 0 Å². The van der Waals surface area contributed by atoms with Crippen LogP contribution >= 0.6 is 0 Å². The summed E-state index contributed by atoms with van der Waals surface area (Å²) in [5.74, 6) is 8.47. The second kappa shape index (κ2) is 0.436. The standard InChI is InChI=1S/C8H6/c1-2-8-5-3-4(5)7(8)6(3)8/h1,3-7H. The highest BCUT2D eigenvalue weighted by molar-refractivity contribution is 5.57. The van der Waals surface area contributed by atoms with Crippen molar-refractivity contribution in [1.82, 2.24) is 0 Å². The van der Waals surface area contributed by atoms with Gasteiger partial charge in [-0.05, 0) is 29.6 Å². The molecule has 4 atom stereocenters. The smallest absolute Gasteiger partial charge is 0.0414 e. The van der Waals surface area contributed by atoms with E-state index in [0.717, 1.165) is 29.6 Å². The largest absolute Gasteiger partial charge is 0.119 e.